The number of nitrogen functional groups attached to an aromatic ring is 1. The Morgan fingerprint density at radius 1 is 1.39 bits per heavy atom. The highest BCUT2D eigenvalue weighted by atomic mass is 15.5. The molecule has 2 rings (SSSR count). The Morgan fingerprint density at radius 2 is 2.17 bits per heavy atom. The van der Waals surface area contributed by atoms with Gasteiger partial charge in [-0.2, -0.15) is 10.4 Å². The van der Waals surface area contributed by atoms with Crippen molar-refractivity contribution in [1.29, 1.82) is 5.26 Å². The third-order valence-electron chi connectivity index (χ3n) is 2.61. The number of nitrogens with two attached hydrogens (primary N) is 1. The average molecular weight is 246 g/mol. The molecule has 2 N–H and O–H groups in total. The van der Waals surface area contributed by atoms with Gasteiger partial charge < -0.3 is 5.73 Å². The van der Waals surface area contributed by atoms with Gasteiger partial charge in [0.25, 0.3) is 0 Å². The van der Waals surface area contributed by atoms with Crippen LogP contribution < -0.4 is 5.73 Å². The summed E-state index contributed by atoms with van der Waals surface area (Å²) < 4.78 is 3.26. The van der Waals surface area contributed by atoms with Crippen molar-refractivity contribution >= 4 is 5.82 Å². The van der Waals surface area contributed by atoms with Gasteiger partial charge in [0.05, 0.1) is 5.69 Å². The zero-order valence-corrected chi connectivity index (χ0v) is 10.3. The minimum atomic E-state index is 0.348. The lowest BCUT2D eigenvalue weighted by Gasteiger charge is -2.04. The highest BCUT2D eigenvalue weighted by Gasteiger charge is 2.14. The van der Waals surface area contributed by atoms with Crippen LogP contribution in [0, 0.1) is 18.3 Å². The molecule has 2 aromatic rings. The lowest BCUT2D eigenvalue weighted by molar-refractivity contribution is 0.533. The molecule has 8 nitrogen and oxygen atoms in total. The number of rotatable bonds is 4. The minimum absolute atomic E-state index is 0.348. The largest absolute Gasteiger partial charge is 0.383 e. The van der Waals surface area contributed by atoms with Gasteiger partial charge in [0, 0.05) is 6.54 Å². The molecule has 0 fully saturated rings. The Labute approximate surface area is 104 Å². The van der Waals surface area contributed by atoms with Crippen LogP contribution in [-0.2, 0) is 13.1 Å². The van der Waals surface area contributed by atoms with Gasteiger partial charge in [-0.25, -0.2) is 9.36 Å². The van der Waals surface area contributed by atoms with E-state index in [9.17, 15) is 0 Å². The Kier molecular flexibility index (Phi) is 3.23. The van der Waals surface area contributed by atoms with Crippen LogP contribution in [0.1, 0.15) is 30.4 Å². The molecule has 0 unspecified atom stereocenters. The van der Waals surface area contributed by atoms with E-state index in [1.54, 1.807) is 16.3 Å². The van der Waals surface area contributed by atoms with E-state index in [2.05, 4.69) is 20.6 Å². The first-order chi connectivity index (χ1) is 8.67. The van der Waals surface area contributed by atoms with Crippen LogP contribution in [0.4, 0.5) is 5.82 Å². The van der Waals surface area contributed by atoms with Gasteiger partial charge in [-0.15, -0.1) is 5.10 Å². The third kappa shape index (κ3) is 2.02. The summed E-state index contributed by atoms with van der Waals surface area (Å²) in [6, 6.07) is 2.04. The van der Waals surface area contributed by atoms with E-state index in [1.807, 2.05) is 13.0 Å². The fourth-order valence-electron chi connectivity index (χ4n) is 1.71. The predicted molar refractivity (Wildman–Crippen MR) is 63.3 cm³/mol. The van der Waals surface area contributed by atoms with E-state index >= 15 is 0 Å². The number of aromatic nitrogens is 6. The number of nitrogens with zero attached hydrogens (tertiary/aromatic N) is 7. The summed E-state index contributed by atoms with van der Waals surface area (Å²) in [5.74, 6) is 1.02. The van der Waals surface area contributed by atoms with Crippen LogP contribution in [0.25, 0.3) is 0 Å². The third-order valence-corrected chi connectivity index (χ3v) is 2.61. The predicted octanol–water partition coefficient (Wildman–Crippen LogP) is 0.0902. The summed E-state index contributed by atoms with van der Waals surface area (Å²) in [6.45, 7) is 4.90. The molecule has 0 saturated carbocycles. The Morgan fingerprint density at radius 3 is 2.78 bits per heavy atom. The Hall–Kier alpha value is -2.43. The van der Waals surface area contributed by atoms with Gasteiger partial charge in [0.1, 0.15) is 24.0 Å². The number of aryl methyl sites for hydroxylation is 2. The summed E-state index contributed by atoms with van der Waals surface area (Å²) in [5, 5.41) is 24.6. The van der Waals surface area contributed by atoms with E-state index in [0.29, 0.717) is 29.4 Å². The van der Waals surface area contributed by atoms with Gasteiger partial charge in [-0.3, -0.25) is 0 Å². The van der Waals surface area contributed by atoms with E-state index in [-0.39, 0.29) is 0 Å². The molecule has 18 heavy (non-hydrogen) atoms. The molecule has 2 heterocycles. The molecule has 0 aromatic carbocycles. The molecule has 2 aromatic heterocycles. The zero-order chi connectivity index (χ0) is 13.1. The molecule has 0 aliphatic heterocycles. The maximum atomic E-state index is 8.95. The summed E-state index contributed by atoms with van der Waals surface area (Å²) in [7, 11) is 0. The van der Waals surface area contributed by atoms with E-state index < -0.39 is 0 Å². The molecule has 0 radical (unpaired) electrons. The molecule has 0 bridgehead atoms. The molecular formula is C10H14N8. The quantitative estimate of drug-likeness (QED) is 0.818. The van der Waals surface area contributed by atoms with Gasteiger partial charge in [0.2, 0.25) is 0 Å². The Bertz CT molecular complexity index is 588. The monoisotopic (exact) mass is 246 g/mol. The number of hydrogen-bond acceptors (Lipinski definition) is 6. The van der Waals surface area contributed by atoms with Crippen molar-refractivity contribution in [2.45, 2.75) is 33.4 Å². The first-order valence-corrected chi connectivity index (χ1v) is 5.65. The van der Waals surface area contributed by atoms with Gasteiger partial charge in [0.15, 0.2) is 5.82 Å². The lowest BCUT2D eigenvalue weighted by atomic mass is 10.3. The van der Waals surface area contributed by atoms with Gasteiger partial charge >= 0.3 is 0 Å². The summed E-state index contributed by atoms with van der Waals surface area (Å²) >= 11 is 0. The fraction of sp³-hybridized carbons (Fsp3) is 0.500. The second-order valence-electron chi connectivity index (χ2n) is 3.93. The lowest BCUT2D eigenvalue weighted by Crippen LogP contribution is -2.13. The van der Waals surface area contributed by atoms with Crippen LogP contribution in [0.3, 0.4) is 0 Å². The molecule has 0 amide bonds. The molecule has 94 valence electrons. The zero-order valence-electron chi connectivity index (χ0n) is 10.3. The summed E-state index contributed by atoms with van der Waals surface area (Å²) in [6.07, 6.45) is 0.940. The molecule has 0 aliphatic carbocycles. The van der Waals surface area contributed by atoms with Crippen molar-refractivity contribution in [3.63, 3.8) is 0 Å². The van der Waals surface area contributed by atoms with Crippen LogP contribution >= 0.6 is 0 Å². The van der Waals surface area contributed by atoms with Crippen LogP contribution in [0.15, 0.2) is 0 Å². The van der Waals surface area contributed by atoms with E-state index in [0.717, 1.165) is 13.0 Å². The number of nitriles is 1. The van der Waals surface area contributed by atoms with Crippen molar-refractivity contribution in [2.24, 2.45) is 0 Å². The number of anilines is 1. The maximum Gasteiger partial charge on any atom is 0.172 e. The first kappa shape index (κ1) is 12.0. The maximum absolute atomic E-state index is 8.95. The highest BCUT2D eigenvalue weighted by molar-refractivity contribution is 5.51. The van der Waals surface area contributed by atoms with Gasteiger partial charge in [-0.05, 0) is 23.8 Å². The second kappa shape index (κ2) is 4.83. The standard InChI is InChI=1S/C10H14N8/c1-3-4-17-9(13-15-16-17)6-18-10(12)8(5-11)7(2)14-18/h3-4,6,12H2,1-2H3. The van der Waals surface area contributed by atoms with Crippen molar-refractivity contribution in [3.05, 3.63) is 17.1 Å². The topological polar surface area (TPSA) is 111 Å². The molecule has 8 heteroatoms. The second-order valence-corrected chi connectivity index (χ2v) is 3.93. The summed E-state index contributed by atoms with van der Waals surface area (Å²) in [4.78, 5) is 0. The molecule has 0 spiro atoms. The van der Waals surface area contributed by atoms with Crippen molar-refractivity contribution in [1.82, 2.24) is 30.0 Å². The van der Waals surface area contributed by atoms with Crippen LogP contribution in [0.2, 0.25) is 0 Å². The van der Waals surface area contributed by atoms with Crippen LogP contribution in [-0.4, -0.2) is 30.0 Å². The first-order valence-electron chi connectivity index (χ1n) is 5.65. The number of tetrazole rings is 1. The molecule has 0 atom stereocenters. The smallest absolute Gasteiger partial charge is 0.172 e. The van der Waals surface area contributed by atoms with Crippen LogP contribution in [0.5, 0.6) is 0 Å². The SMILES string of the molecule is CCCn1nnnc1Cn1nc(C)c(C#N)c1N. The molecule has 0 aliphatic rings. The molecule has 0 saturated heterocycles. The van der Waals surface area contributed by atoms with Crippen molar-refractivity contribution in [3.8, 4) is 6.07 Å². The van der Waals surface area contributed by atoms with Gasteiger partial charge in [-0.1, -0.05) is 6.92 Å². The highest BCUT2D eigenvalue weighted by Crippen LogP contribution is 2.15. The number of hydrogen-bond donors (Lipinski definition) is 1. The average Bonchev–Trinajstić information content (AvgIpc) is 2.87. The van der Waals surface area contributed by atoms with Crippen molar-refractivity contribution < 1.29 is 0 Å². The normalized spacial score (nSPS) is 10.5. The van der Waals surface area contributed by atoms with E-state index in [4.69, 9.17) is 11.0 Å². The van der Waals surface area contributed by atoms with Crippen molar-refractivity contribution in [2.75, 3.05) is 5.73 Å². The minimum Gasteiger partial charge on any atom is -0.383 e. The molecular weight excluding hydrogens is 232 g/mol. The Balaban J connectivity index is 2.29. The van der Waals surface area contributed by atoms with E-state index in [1.165, 1.54) is 0 Å². The fourth-order valence-corrected chi connectivity index (χ4v) is 1.71. The summed E-state index contributed by atoms with van der Waals surface area (Å²) in [5.41, 5.74) is 6.88.